The molecule has 1 unspecified atom stereocenters. The Labute approximate surface area is 154 Å². The normalized spacial score (nSPS) is 16.4. The maximum absolute atomic E-state index is 13.3. The molecule has 2 amide bonds. The smallest absolute Gasteiger partial charge is 0.247 e. The zero-order valence-electron chi connectivity index (χ0n) is 14.8. The third-order valence-electron chi connectivity index (χ3n) is 4.35. The Morgan fingerprint density at radius 3 is 2.48 bits per heavy atom. The van der Waals surface area contributed by atoms with Gasteiger partial charge < -0.3 is 19.7 Å². The number of ether oxygens (including phenoxy) is 2. The number of hydrogen-bond acceptors (Lipinski definition) is 4. The van der Waals surface area contributed by atoms with Gasteiger partial charge in [-0.05, 0) is 30.7 Å². The van der Waals surface area contributed by atoms with Crippen LogP contribution in [0.5, 0.6) is 17.2 Å². The summed E-state index contributed by atoms with van der Waals surface area (Å²) in [6.45, 7) is 0. The molecule has 1 atom stereocenters. The molecule has 2 aromatic rings. The van der Waals surface area contributed by atoms with Gasteiger partial charge in [-0.15, -0.1) is 0 Å². The first-order valence-electron chi connectivity index (χ1n) is 8.26. The van der Waals surface area contributed by atoms with E-state index in [9.17, 15) is 18.4 Å². The average Bonchev–Trinajstić information content (AvgIpc) is 2.97. The lowest BCUT2D eigenvalue weighted by Crippen LogP contribution is -2.38. The number of carbonyl (C=O) groups is 2. The van der Waals surface area contributed by atoms with Gasteiger partial charge in [0, 0.05) is 25.6 Å². The lowest BCUT2D eigenvalue weighted by Gasteiger charge is -2.20. The number of likely N-dealkylation sites (N-methyl/N-ethyl adjacent to an activating group) is 1. The Morgan fingerprint density at radius 1 is 1.15 bits per heavy atom. The number of nitrogens with one attached hydrogen (secondary N) is 1. The highest BCUT2D eigenvalue weighted by Crippen LogP contribution is 2.32. The summed E-state index contributed by atoms with van der Waals surface area (Å²) in [6.07, 6.45) is 0.763. The summed E-state index contributed by atoms with van der Waals surface area (Å²) < 4.78 is 37.1. The molecule has 1 saturated heterocycles. The van der Waals surface area contributed by atoms with Gasteiger partial charge in [0.1, 0.15) is 23.3 Å². The summed E-state index contributed by atoms with van der Waals surface area (Å²) in [5.74, 6) is -1.62. The number of rotatable bonds is 5. The molecule has 0 saturated carbocycles. The van der Waals surface area contributed by atoms with Gasteiger partial charge in [0.25, 0.3) is 0 Å². The van der Waals surface area contributed by atoms with Gasteiger partial charge in [0.15, 0.2) is 11.6 Å². The Hall–Kier alpha value is -3.16. The van der Waals surface area contributed by atoms with E-state index in [1.807, 2.05) is 0 Å². The van der Waals surface area contributed by atoms with Crippen LogP contribution in [0.3, 0.4) is 0 Å². The zero-order valence-corrected chi connectivity index (χ0v) is 14.8. The molecule has 3 rings (SSSR count). The van der Waals surface area contributed by atoms with Crippen molar-refractivity contribution in [3.05, 3.63) is 48.0 Å². The Balaban J connectivity index is 1.80. The fourth-order valence-corrected chi connectivity index (χ4v) is 2.85. The molecule has 1 fully saturated rings. The van der Waals surface area contributed by atoms with Crippen LogP contribution in [0.25, 0.3) is 0 Å². The monoisotopic (exact) mass is 376 g/mol. The first-order valence-corrected chi connectivity index (χ1v) is 8.26. The fourth-order valence-electron chi connectivity index (χ4n) is 2.85. The van der Waals surface area contributed by atoms with Crippen LogP contribution in [-0.2, 0) is 9.59 Å². The number of methoxy groups -OCH3 is 1. The molecular weight excluding hydrogens is 358 g/mol. The molecule has 0 aromatic heterocycles. The van der Waals surface area contributed by atoms with E-state index in [0.29, 0.717) is 30.0 Å². The molecule has 6 nitrogen and oxygen atoms in total. The molecule has 0 bridgehead atoms. The maximum atomic E-state index is 13.3. The SMILES string of the molecule is COc1ccc(Oc2ccc(F)c(F)c2)cc1NC(=O)C1CCC(=O)N1C. The van der Waals surface area contributed by atoms with Crippen molar-refractivity contribution in [2.45, 2.75) is 18.9 Å². The van der Waals surface area contributed by atoms with Gasteiger partial charge in [-0.3, -0.25) is 9.59 Å². The minimum Gasteiger partial charge on any atom is -0.495 e. The second-order valence-corrected chi connectivity index (χ2v) is 6.09. The predicted molar refractivity (Wildman–Crippen MR) is 93.8 cm³/mol. The van der Waals surface area contributed by atoms with Crippen LogP contribution in [0.15, 0.2) is 36.4 Å². The van der Waals surface area contributed by atoms with Gasteiger partial charge in [0.2, 0.25) is 11.8 Å². The van der Waals surface area contributed by atoms with E-state index in [1.54, 1.807) is 19.2 Å². The number of anilines is 1. The molecule has 142 valence electrons. The maximum Gasteiger partial charge on any atom is 0.247 e. The third kappa shape index (κ3) is 3.99. The van der Waals surface area contributed by atoms with Crippen molar-refractivity contribution in [2.75, 3.05) is 19.5 Å². The van der Waals surface area contributed by atoms with Crippen LogP contribution < -0.4 is 14.8 Å². The number of amides is 2. The molecule has 27 heavy (non-hydrogen) atoms. The van der Waals surface area contributed by atoms with Crippen molar-refractivity contribution < 1.29 is 27.8 Å². The van der Waals surface area contributed by atoms with Crippen molar-refractivity contribution in [3.8, 4) is 17.2 Å². The number of benzene rings is 2. The average molecular weight is 376 g/mol. The van der Waals surface area contributed by atoms with E-state index in [0.717, 1.165) is 12.1 Å². The molecule has 0 aliphatic carbocycles. The largest absolute Gasteiger partial charge is 0.495 e. The second kappa shape index (κ2) is 7.61. The van der Waals surface area contributed by atoms with E-state index in [2.05, 4.69) is 5.32 Å². The molecular formula is C19H18F2N2O4. The van der Waals surface area contributed by atoms with E-state index >= 15 is 0 Å². The Morgan fingerprint density at radius 2 is 1.85 bits per heavy atom. The lowest BCUT2D eigenvalue weighted by atomic mass is 10.2. The van der Waals surface area contributed by atoms with Gasteiger partial charge in [-0.2, -0.15) is 0 Å². The van der Waals surface area contributed by atoms with Crippen LogP contribution in [0.2, 0.25) is 0 Å². The molecule has 2 aromatic carbocycles. The quantitative estimate of drug-likeness (QED) is 0.869. The van der Waals surface area contributed by atoms with Crippen LogP contribution in [0, 0.1) is 11.6 Å². The van der Waals surface area contributed by atoms with E-state index in [4.69, 9.17) is 9.47 Å². The number of carbonyl (C=O) groups excluding carboxylic acids is 2. The van der Waals surface area contributed by atoms with Crippen molar-refractivity contribution in [1.82, 2.24) is 4.90 Å². The number of halogens is 2. The van der Waals surface area contributed by atoms with Gasteiger partial charge in [-0.25, -0.2) is 8.78 Å². The molecule has 0 radical (unpaired) electrons. The van der Waals surface area contributed by atoms with E-state index < -0.39 is 17.7 Å². The summed E-state index contributed by atoms with van der Waals surface area (Å²) in [7, 11) is 3.03. The minimum absolute atomic E-state index is 0.0856. The fraction of sp³-hybridized carbons (Fsp3) is 0.263. The topological polar surface area (TPSA) is 67.9 Å². The van der Waals surface area contributed by atoms with E-state index in [-0.39, 0.29) is 17.6 Å². The first kappa shape index (κ1) is 18.6. The number of likely N-dealkylation sites (tertiary alicyclic amines) is 1. The zero-order chi connectivity index (χ0) is 19.6. The summed E-state index contributed by atoms with van der Waals surface area (Å²) in [5.41, 5.74) is 0.343. The Kier molecular flexibility index (Phi) is 5.25. The van der Waals surface area contributed by atoms with Gasteiger partial charge in [-0.1, -0.05) is 0 Å². The van der Waals surface area contributed by atoms with Crippen molar-refractivity contribution >= 4 is 17.5 Å². The predicted octanol–water partition coefficient (Wildman–Crippen LogP) is 3.33. The molecule has 1 aliphatic heterocycles. The van der Waals surface area contributed by atoms with Crippen molar-refractivity contribution in [3.63, 3.8) is 0 Å². The van der Waals surface area contributed by atoms with Crippen LogP contribution in [-0.4, -0.2) is 36.9 Å². The van der Waals surface area contributed by atoms with E-state index in [1.165, 1.54) is 24.1 Å². The highest BCUT2D eigenvalue weighted by atomic mass is 19.2. The molecule has 8 heteroatoms. The van der Waals surface area contributed by atoms with Gasteiger partial charge >= 0.3 is 0 Å². The summed E-state index contributed by atoms with van der Waals surface area (Å²) in [5, 5.41) is 2.73. The molecule has 1 N–H and O–H groups in total. The summed E-state index contributed by atoms with van der Waals surface area (Å²) in [4.78, 5) is 25.5. The van der Waals surface area contributed by atoms with Crippen LogP contribution >= 0.6 is 0 Å². The molecule has 1 aliphatic rings. The Bertz CT molecular complexity index is 888. The van der Waals surface area contributed by atoms with Gasteiger partial charge in [0.05, 0.1) is 12.8 Å². The minimum atomic E-state index is -1.02. The number of hydrogen-bond donors (Lipinski definition) is 1. The second-order valence-electron chi connectivity index (χ2n) is 6.09. The van der Waals surface area contributed by atoms with Crippen molar-refractivity contribution in [1.29, 1.82) is 0 Å². The standard InChI is InChI=1S/C19H18F2N2O4/c1-23-16(6-8-18(23)24)19(25)22-15-10-12(4-7-17(15)26-2)27-11-3-5-13(20)14(21)9-11/h3-5,7,9-10,16H,6,8H2,1-2H3,(H,22,25). The van der Waals surface area contributed by atoms with Crippen molar-refractivity contribution in [2.24, 2.45) is 0 Å². The highest BCUT2D eigenvalue weighted by Gasteiger charge is 2.33. The summed E-state index contributed by atoms with van der Waals surface area (Å²) in [6, 6.07) is 7.28. The summed E-state index contributed by atoms with van der Waals surface area (Å²) >= 11 is 0. The highest BCUT2D eigenvalue weighted by molar-refractivity contribution is 5.99. The number of nitrogens with zero attached hydrogens (tertiary/aromatic N) is 1. The van der Waals surface area contributed by atoms with Crippen LogP contribution in [0.1, 0.15) is 12.8 Å². The van der Waals surface area contributed by atoms with Crippen LogP contribution in [0.4, 0.5) is 14.5 Å². The third-order valence-corrected chi connectivity index (χ3v) is 4.35. The molecule has 1 heterocycles. The first-order chi connectivity index (χ1) is 12.9. The molecule has 0 spiro atoms. The lowest BCUT2D eigenvalue weighted by molar-refractivity contribution is -0.131.